The Balaban J connectivity index is 0.00000300. The van der Waals surface area contributed by atoms with Gasteiger partial charge in [-0.2, -0.15) is 0 Å². The summed E-state index contributed by atoms with van der Waals surface area (Å²) in [4.78, 5) is 21.0. The number of sulfonamides is 1. The summed E-state index contributed by atoms with van der Waals surface area (Å²) in [5.74, 6) is -0.556. The molecule has 29 heavy (non-hydrogen) atoms. The van der Waals surface area contributed by atoms with Gasteiger partial charge < -0.3 is 5.73 Å². The highest BCUT2D eigenvalue weighted by atomic mass is 35.5. The Labute approximate surface area is 172 Å². The second-order valence-electron chi connectivity index (χ2n) is 5.94. The molecule has 2 heterocycles. The zero-order chi connectivity index (χ0) is 20.5. The molecule has 0 aliphatic heterocycles. The lowest BCUT2D eigenvalue weighted by atomic mass is 10.1. The van der Waals surface area contributed by atoms with E-state index in [1.54, 1.807) is 12.1 Å². The van der Waals surface area contributed by atoms with Gasteiger partial charge in [0, 0.05) is 19.2 Å². The molecular formula is C17H20ClFN6O3S. The van der Waals surface area contributed by atoms with E-state index in [1.165, 1.54) is 47.8 Å². The van der Waals surface area contributed by atoms with E-state index in [0.717, 1.165) is 0 Å². The molecule has 0 fully saturated rings. The van der Waals surface area contributed by atoms with Gasteiger partial charge in [0.05, 0.1) is 17.1 Å². The topological polar surface area (TPSA) is 125 Å². The minimum atomic E-state index is -3.65. The molecule has 156 valence electrons. The number of allylic oxidation sites excluding steroid dienone is 1. The zero-order valence-corrected chi connectivity index (χ0v) is 17.3. The monoisotopic (exact) mass is 442 g/mol. The van der Waals surface area contributed by atoms with Gasteiger partial charge in [0.1, 0.15) is 17.7 Å². The van der Waals surface area contributed by atoms with E-state index in [-0.39, 0.29) is 36.0 Å². The van der Waals surface area contributed by atoms with Crippen LogP contribution in [0.5, 0.6) is 0 Å². The first-order chi connectivity index (χ1) is 13.3. The third-order valence-corrected chi connectivity index (χ3v) is 5.66. The van der Waals surface area contributed by atoms with Crippen LogP contribution in [0.15, 0.2) is 52.2 Å². The molecule has 0 saturated carbocycles. The van der Waals surface area contributed by atoms with E-state index in [2.05, 4.69) is 14.7 Å². The summed E-state index contributed by atoms with van der Waals surface area (Å²) in [6.07, 6.45) is 2.43. The molecule has 3 rings (SSSR count). The fourth-order valence-electron chi connectivity index (χ4n) is 2.87. The number of aromatic nitrogens is 4. The molecule has 0 aliphatic carbocycles. The van der Waals surface area contributed by atoms with Crippen molar-refractivity contribution >= 4 is 33.6 Å². The Hall–Kier alpha value is -2.60. The molecule has 3 aromatic rings. The molecule has 12 heteroatoms. The van der Waals surface area contributed by atoms with E-state index in [1.807, 2.05) is 0 Å². The molecule has 0 amide bonds. The van der Waals surface area contributed by atoms with Crippen molar-refractivity contribution in [2.75, 3.05) is 13.6 Å². The summed E-state index contributed by atoms with van der Waals surface area (Å²) >= 11 is 0. The van der Waals surface area contributed by atoms with Crippen molar-refractivity contribution in [3.63, 3.8) is 0 Å². The number of fused-ring (bicyclic) bond motifs is 1. The minimum Gasteiger partial charge on any atom is -0.327 e. The van der Waals surface area contributed by atoms with Crippen molar-refractivity contribution in [2.24, 2.45) is 12.8 Å². The van der Waals surface area contributed by atoms with Crippen LogP contribution < -0.4 is 16.1 Å². The first-order valence-corrected chi connectivity index (χ1v) is 9.77. The third kappa shape index (κ3) is 4.22. The summed E-state index contributed by atoms with van der Waals surface area (Å²) in [5, 5.41) is 0. The maximum absolute atomic E-state index is 13.9. The van der Waals surface area contributed by atoms with Crippen LogP contribution in [0.2, 0.25) is 0 Å². The van der Waals surface area contributed by atoms with Crippen molar-refractivity contribution in [3.8, 4) is 11.3 Å². The second-order valence-corrected chi connectivity index (χ2v) is 7.83. The lowest BCUT2D eigenvalue weighted by molar-refractivity contribution is 0.546. The number of halogens is 2. The van der Waals surface area contributed by atoms with E-state index in [9.17, 15) is 17.6 Å². The lowest BCUT2D eigenvalue weighted by Crippen LogP contribution is -2.22. The Morgan fingerprint density at radius 3 is 2.72 bits per heavy atom. The molecule has 1 aromatic carbocycles. The SMILES string of the molecule is CNS(=O)(=O)c1cccc(-c2ncnc3c2n(C)c(=O)n3CC(F)=CCN)c1.Cl. The van der Waals surface area contributed by atoms with Gasteiger partial charge >= 0.3 is 5.69 Å². The van der Waals surface area contributed by atoms with E-state index in [4.69, 9.17) is 5.73 Å². The molecule has 0 saturated heterocycles. The molecule has 0 radical (unpaired) electrons. The van der Waals surface area contributed by atoms with Crippen LogP contribution in [0, 0.1) is 0 Å². The number of hydrogen-bond donors (Lipinski definition) is 2. The Morgan fingerprint density at radius 1 is 1.34 bits per heavy atom. The van der Waals surface area contributed by atoms with Gasteiger partial charge in [0.25, 0.3) is 0 Å². The van der Waals surface area contributed by atoms with Crippen LogP contribution in [0.1, 0.15) is 0 Å². The summed E-state index contributed by atoms with van der Waals surface area (Å²) in [7, 11) is -0.815. The normalized spacial score (nSPS) is 12.2. The Kier molecular flexibility index (Phi) is 6.90. The van der Waals surface area contributed by atoms with Crippen LogP contribution in [0.25, 0.3) is 22.4 Å². The molecule has 2 aromatic heterocycles. The van der Waals surface area contributed by atoms with Crippen molar-refractivity contribution in [1.29, 1.82) is 0 Å². The molecule has 0 atom stereocenters. The fourth-order valence-corrected chi connectivity index (χ4v) is 3.64. The van der Waals surface area contributed by atoms with Crippen LogP contribution >= 0.6 is 12.4 Å². The second kappa shape index (κ2) is 8.82. The minimum absolute atomic E-state index is 0. The summed E-state index contributed by atoms with van der Waals surface area (Å²) in [6.45, 7) is -0.295. The number of benzene rings is 1. The van der Waals surface area contributed by atoms with Gasteiger partial charge in [-0.3, -0.25) is 9.13 Å². The largest absolute Gasteiger partial charge is 0.330 e. The van der Waals surface area contributed by atoms with Crippen molar-refractivity contribution in [3.05, 3.63) is 53.0 Å². The summed E-state index contributed by atoms with van der Waals surface area (Å²) < 4.78 is 42.9. The van der Waals surface area contributed by atoms with E-state index in [0.29, 0.717) is 16.8 Å². The molecule has 0 bridgehead atoms. The first kappa shape index (κ1) is 22.7. The van der Waals surface area contributed by atoms with Gasteiger partial charge in [-0.15, -0.1) is 12.4 Å². The molecule has 0 aliphatic rings. The Morgan fingerprint density at radius 2 is 2.07 bits per heavy atom. The molecule has 3 N–H and O–H groups in total. The van der Waals surface area contributed by atoms with Crippen LogP contribution in [-0.2, 0) is 23.6 Å². The highest BCUT2D eigenvalue weighted by Crippen LogP contribution is 2.26. The van der Waals surface area contributed by atoms with Crippen LogP contribution in [-0.4, -0.2) is 41.1 Å². The van der Waals surface area contributed by atoms with Crippen molar-refractivity contribution in [2.45, 2.75) is 11.4 Å². The van der Waals surface area contributed by atoms with Gasteiger partial charge in [-0.05, 0) is 25.3 Å². The number of imidazole rings is 1. The average molecular weight is 443 g/mol. The number of nitrogens with two attached hydrogens (primary N) is 1. The van der Waals surface area contributed by atoms with Gasteiger partial charge in [0.2, 0.25) is 10.0 Å². The maximum atomic E-state index is 13.9. The number of aryl methyl sites for hydroxylation is 1. The van der Waals surface area contributed by atoms with Crippen LogP contribution in [0.3, 0.4) is 0 Å². The molecule has 0 spiro atoms. The van der Waals surface area contributed by atoms with Crippen molar-refractivity contribution in [1.82, 2.24) is 23.8 Å². The Bertz CT molecular complexity index is 1240. The predicted octanol–water partition coefficient (Wildman–Crippen LogP) is 0.939. The average Bonchev–Trinajstić information content (AvgIpc) is 2.93. The highest BCUT2D eigenvalue weighted by Gasteiger charge is 2.19. The van der Waals surface area contributed by atoms with Gasteiger partial charge in [0.15, 0.2) is 5.65 Å². The predicted molar refractivity (Wildman–Crippen MR) is 110 cm³/mol. The zero-order valence-electron chi connectivity index (χ0n) is 15.7. The highest BCUT2D eigenvalue weighted by molar-refractivity contribution is 7.89. The molecule has 0 unspecified atom stereocenters. The standard InChI is InChI=1S/C17H19FN6O3S.ClH/c1-20-28(26,27)13-5-3-4-11(8-13)14-15-16(22-10-21-14)24(17(25)23(15)2)9-12(18)6-7-19;/h3-6,8,10,20H,7,9,19H2,1-2H3;1H. The van der Waals surface area contributed by atoms with Crippen LogP contribution in [0.4, 0.5) is 4.39 Å². The molecule has 9 nitrogen and oxygen atoms in total. The summed E-state index contributed by atoms with van der Waals surface area (Å²) in [6, 6.07) is 6.15. The number of nitrogens with one attached hydrogen (secondary N) is 1. The fraction of sp³-hybridized carbons (Fsp3) is 0.235. The van der Waals surface area contributed by atoms with Gasteiger partial charge in [-0.1, -0.05) is 12.1 Å². The quantitative estimate of drug-likeness (QED) is 0.585. The number of hydrogen-bond acceptors (Lipinski definition) is 6. The first-order valence-electron chi connectivity index (χ1n) is 8.29. The van der Waals surface area contributed by atoms with E-state index < -0.39 is 21.5 Å². The smallest absolute Gasteiger partial charge is 0.327 e. The van der Waals surface area contributed by atoms with Crippen molar-refractivity contribution < 1.29 is 12.8 Å². The number of rotatable bonds is 6. The van der Waals surface area contributed by atoms with Gasteiger partial charge in [-0.25, -0.2) is 32.3 Å². The third-order valence-electron chi connectivity index (χ3n) is 4.25. The maximum Gasteiger partial charge on any atom is 0.330 e. The molecular weight excluding hydrogens is 423 g/mol. The summed E-state index contributed by atoms with van der Waals surface area (Å²) in [5.41, 5.74) is 6.28. The number of nitrogens with zero attached hydrogens (tertiary/aromatic N) is 4. The van der Waals surface area contributed by atoms with E-state index >= 15 is 0 Å². The lowest BCUT2D eigenvalue weighted by Gasteiger charge is -2.07.